The molecule has 1 aliphatic carbocycles. The molecule has 2 aliphatic rings. The summed E-state index contributed by atoms with van der Waals surface area (Å²) in [7, 11) is 0. The molecule has 180 valence electrons. The maximum atomic E-state index is 13.6. The number of hydrogen-bond donors (Lipinski definition) is 1. The minimum Gasteiger partial charge on any atom is -0.465 e. The standard InChI is InChI=1S/C25H32Cl2N2O4/c1-3-5-12-28-22(30)13-18-15-25(24(32)33-4-2)11-7-6-8-21(25)29(23(18)31)16-17-9-10-19(26)14-20(17)27/h8-10,14,18H,3-7,11-13,15-16H2,1-2H3,(H,28,30)/t18-,25+/m1/s1. The van der Waals surface area contributed by atoms with E-state index in [-0.39, 0.29) is 43.8 Å². The van der Waals surface area contributed by atoms with Gasteiger partial charge >= 0.3 is 5.97 Å². The van der Waals surface area contributed by atoms with E-state index in [2.05, 4.69) is 12.2 Å². The van der Waals surface area contributed by atoms with Crippen LogP contribution in [0.4, 0.5) is 0 Å². The fraction of sp³-hybridized carbons (Fsp3) is 0.560. The molecule has 3 rings (SSSR count). The van der Waals surface area contributed by atoms with Gasteiger partial charge in [0, 0.05) is 34.6 Å². The topological polar surface area (TPSA) is 75.7 Å². The molecule has 0 unspecified atom stereocenters. The lowest BCUT2D eigenvalue weighted by Crippen LogP contribution is -2.54. The van der Waals surface area contributed by atoms with Gasteiger partial charge in [0.15, 0.2) is 0 Å². The van der Waals surface area contributed by atoms with Crippen LogP contribution in [-0.4, -0.2) is 35.8 Å². The largest absolute Gasteiger partial charge is 0.465 e. The zero-order valence-electron chi connectivity index (χ0n) is 19.3. The number of hydrogen-bond acceptors (Lipinski definition) is 4. The predicted octanol–water partition coefficient (Wildman–Crippen LogP) is 5.27. The first kappa shape index (κ1) is 25.6. The van der Waals surface area contributed by atoms with Crippen molar-refractivity contribution in [1.82, 2.24) is 10.2 Å². The van der Waals surface area contributed by atoms with Gasteiger partial charge in [-0.1, -0.05) is 48.7 Å². The lowest BCUT2D eigenvalue weighted by molar-refractivity contribution is -0.162. The first-order chi connectivity index (χ1) is 15.8. The molecule has 2 amide bonds. The molecule has 1 aromatic rings. The van der Waals surface area contributed by atoms with Crippen LogP contribution in [0.25, 0.3) is 0 Å². The lowest BCUT2D eigenvalue weighted by atomic mass is 9.66. The Labute approximate surface area is 205 Å². The summed E-state index contributed by atoms with van der Waals surface area (Å²) in [5.74, 6) is -1.28. The zero-order chi connectivity index (χ0) is 24.0. The molecular weight excluding hydrogens is 463 g/mol. The third-order valence-electron chi connectivity index (χ3n) is 6.43. The van der Waals surface area contributed by atoms with E-state index in [0.717, 1.165) is 31.2 Å². The lowest BCUT2D eigenvalue weighted by Gasteiger charge is -2.48. The maximum Gasteiger partial charge on any atom is 0.318 e. The number of likely N-dealkylation sites (tertiary alicyclic amines) is 1. The van der Waals surface area contributed by atoms with Crippen molar-refractivity contribution in [3.8, 4) is 0 Å². The summed E-state index contributed by atoms with van der Waals surface area (Å²) < 4.78 is 5.49. The average Bonchev–Trinajstić information content (AvgIpc) is 2.78. The van der Waals surface area contributed by atoms with Gasteiger partial charge < -0.3 is 15.0 Å². The Balaban J connectivity index is 1.96. The molecule has 1 aromatic carbocycles. The molecule has 1 aliphatic heterocycles. The summed E-state index contributed by atoms with van der Waals surface area (Å²) in [5, 5.41) is 3.85. The van der Waals surface area contributed by atoms with Gasteiger partial charge in [0.1, 0.15) is 5.41 Å². The van der Waals surface area contributed by atoms with Crippen LogP contribution in [0.3, 0.4) is 0 Å². The number of piperidine rings is 1. The van der Waals surface area contributed by atoms with Gasteiger partial charge in [-0.25, -0.2) is 0 Å². The van der Waals surface area contributed by atoms with E-state index < -0.39 is 11.3 Å². The summed E-state index contributed by atoms with van der Waals surface area (Å²) in [6.45, 7) is 4.87. The van der Waals surface area contributed by atoms with Crippen LogP contribution in [0.15, 0.2) is 30.0 Å². The molecule has 6 nitrogen and oxygen atoms in total. The van der Waals surface area contributed by atoms with E-state index in [4.69, 9.17) is 27.9 Å². The van der Waals surface area contributed by atoms with Crippen molar-refractivity contribution in [3.63, 3.8) is 0 Å². The highest BCUT2D eigenvalue weighted by Gasteiger charge is 2.54. The minimum atomic E-state index is -0.935. The molecule has 1 N–H and O–H groups in total. The number of carbonyl (C=O) groups is 3. The molecular formula is C25H32Cl2N2O4. The number of amides is 2. The van der Waals surface area contributed by atoms with Gasteiger partial charge in [-0.05, 0) is 56.7 Å². The van der Waals surface area contributed by atoms with Crippen LogP contribution in [0.1, 0.15) is 64.4 Å². The molecule has 1 heterocycles. The number of ether oxygens (including phenoxy) is 1. The number of nitrogens with zero attached hydrogens (tertiary/aromatic N) is 1. The molecule has 8 heteroatoms. The van der Waals surface area contributed by atoms with Crippen LogP contribution in [-0.2, 0) is 25.7 Å². The van der Waals surface area contributed by atoms with Crippen molar-refractivity contribution in [1.29, 1.82) is 0 Å². The van der Waals surface area contributed by atoms with Gasteiger partial charge in [-0.2, -0.15) is 0 Å². The van der Waals surface area contributed by atoms with Gasteiger partial charge in [0.2, 0.25) is 11.8 Å². The van der Waals surface area contributed by atoms with Gasteiger partial charge in [0.25, 0.3) is 0 Å². The number of carbonyl (C=O) groups excluding carboxylic acids is 3. The molecule has 0 spiro atoms. The van der Waals surface area contributed by atoms with Crippen molar-refractivity contribution < 1.29 is 19.1 Å². The smallest absolute Gasteiger partial charge is 0.318 e. The van der Waals surface area contributed by atoms with E-state index in [1.54, 1.807) is 30.0 Å². The Morgan fingerprint density at radius 1 is 1.27 bits per heavy atom. The second kappa shape index (κ2) is 11.4. The first-order valence-corrected chi connectivity index (χ1v) is 12.5. The maximum absolute atomic E-state index is 13.6. The van der Waals surface area contributed by atoms with Crippen LogP contribution in [0.5, 0.6) is 0 Å². The number of allylic oxidation sites excluding steroid dienone is 1. The zero-order valence-corrected chi connectivity index (χ0v) is 20.8. The Bertz CT molecular complexity index is 933. The first-order valence-electron chi connectivity index (χ1n) is 11.7. The molecule has 0 aromatic heterocycles. The molecule has 33 heavy (non-hydrogen) atoms. The summed E-state index contributed by atoms with van der Waals surface area (Å²) in [6.07, 6.45) is 6.33. The van der Waals surface area contributed by atoms with Crippen molar-refractivity contribution in [2.75, 3.05) is 13.2 Å². The summed E-state index contributed by atoms with van der Waals surface area (Å²) in [4.78, 5) is 41.1. The summed E-state index contributed by atoms with van der Waals surface area (Å²) in [5.41, 5.74) is 0.465. The molecule has 0 saturated carbocycles. The number of halogens is 2. The van der Waals surface area contributed by atoms with E-state index in [9.17, 15) is 14.4 Å². The average molecular weight is 495 g/mol. The monoisotopic (exact) mass is 494 g/mol. The third-order valence-corrected chi connectivity index (χ3v) is 7.02. The van der Waals surface area contributed by atoms with Crippen molar-refractivity contribution in [3.05, 3.63) is 45.6 Å². The van der Waals surface area contributed by atoms with E-state index in [1.165, 1.54) is 0 Å². The molecule has 1 saturated heterocycles. The van der Waals surface area contributed by atoms with E-state index >= 15 is 0 Å². The predicted molar refractivity (Wildman–Crippen MR) is 129 cm³/mol. The van der Waals surface area contributed by atoms with Gasteiger partial charge in [-0.3, -0.25) is 14.4 Å². The quantitative estimate of drug-likeness (QED) is 0.374. The number of fused-ring (bicyclic) bond motifs is 1. The number of unbranched alkanes of at least 4 members (excludes halogenated alkanes) is 1. The fourth-order valence-corrected chi connectivity index (χ4v) is 5.26. The highest BCUT2D eigenvalue weighted by Crippen LogP contribution is 2.50. The number of rotatable bonds is 9. The third kappa shape index (κ3) is 5.72. The Morgan fingerprint density at radius 3 is 2.76 bits per heavy atom. The molecule has 0 bridgehead atoms. The second-order valence-corrected chi connectivity index (χ2v) is 9.60. The van der Waals surface area contributed by atoms with Crippen molar-refractivity contribution in [2.45, 2.75) is 65.3 Å². The van der Waals surface area contributed by atoms with Crippen LogP contribution in [0, 0.1) is 11.3 Å². The Hall–Kier alpha value is -2.05. The SMILES string of the molecule is CCCCNC(=O)C[C@@H]1C[C@@]2(C(=O)OCC)CCCC=C2N(Cc2ccc(Cl)cc2Cl)C1=O. The fourth-order valence-electron chi connectivity index (χ4n) is 4.79. The second-order valence-electron chi connectivity index (χ2n) is 8.75. The minimum absolute atomic E-state index is 0.0435. The number of esters is 1. The Morgan fingerprint density at radius 2 is 2.06 bits per heavy atom. The molecule has 2 atom stereocenters. The summed E-state index contributed by atoms with van der Waals surface area (Å²) in [6, 6.07) is 5.15. The van der Waals surface area contributed by atoms with Crippen LogP contribution >= 0.6 is 23.2 Å². The van der Waals surface area contributed by atoms with Gasteiger partial charge in [-0.15, -0.1) is 0 Å². The summed E-state index contributed by atoms with van der Waals surface area (Å²) >= 11 is 12.5. The normalized spacial score (nSPS) is 22.4. The van der Waals surface area contributed by atoms with Crippen LogP contribution < -0.4 is 5.32 Å². The Kier molecular flexibility index (Phi) is 8.82. The van der Waals surface area contributed by atoms with E-state index in [1.807, 2.05) is 6.08 Å². The van der Waals surface area contributed by atoms with Gasteiger partial charge in [0.05, 0.1) is 13.2 Å². The number of benzene rings is 1. The molecule has 1 fully saturated rings. The highest BCUT2D eigenvalue weighted by atomic mass is 35.5. The van der Waals surface area contributed by atoms with Crippen molar-refractivity contribution >= 4 is 41.0 Å². The number of nitrogens with one attached hydrogen (secondary N) is 1. The van der Waals surface area contributed by atoms with Crippen molar-refractivity contribution in [2.24, 2.45) is 11.3 Å². The molecule has 0 radical (unpaired) electrons. The van der Waals surface area contributed by atoms with E-state index in [0.29, 0.717) is 28.7 Å². The highest BCUT2D eigenvalue weighted by molar-refractivity contribution is 6.35. The van der Waals surface area contributed by atoms with Crippen LogP contribution in [0.2, 0.25) is 10.0 Å².